The summed E-state index contributed by atoms with van der Waals surface area (Å²) in [7, 11) is 0. The highest BCUT2D eigenvalue weighted by Gasteiger charge is 2.36. The Kier molecular flexibility index (Phi) is 5.73. The minimum atomic E-state index is -4.43. The lowest BCUT2D eigenvalue weighted by Gasteiger charge is -2.19. The maximum Gasteiger partial charge on any atom is 0.416 e. The van der Waals surface area contributed by atoms with Crippen LogP contribution in [0.5, 0.6) is 0 Å². The van der Waals surface area contributed by atoms with Crippen LogP contribution in [0.25, 0.3) is 0 Å². The van der Waals surface area contributed by atoms with Crippen LogP contribution in [0.1, 0.15) is 31.8 Å². The number of fused-ring (bicyclic) bond motifs is 1. The smallest absolute Gasteiger partial charge is 0.326 e. The van der Waals surface area contributed by atoms with Gasteiger partial charge in [-0.3, -0.25) is 14.5 Å². The SMILES string of the molecule is Cl.N[C@@H](Cc1cccc(C(F)(F)F)c1)CN1C(=O)c2ccccc2C1=O. The number of nitrogens with two attached hydrogens (primary N) is 1. The molecule has 0 bridgehead atoms. The van der Waals surface area contributed by atoms with Gasteiger partial charge in [0.1, 0.15) is 0 Å². The Morgan fingerprint density at radius 3 is 2.08 bits per heavy atom. The van der Waals surface area contributed by atoms with Crippen LogP contribution < -0.4 is 5.73 Å². The molecule has 2 N–H and O–H groups in total. The third-order valence-corrected chi connectivity index (χ3v) is 4.05. The lowest BCUT2D eigenvalue weighted by Crippen LogP contribution is -2.41. The molecular formula is C18H16ClF3N2O2. The highest BCUT2D eigenvalue weighted by Crippen LogP contribution is 2.30. The molecule has 0 unspecified atom stereocenters. The number of hydrogen-bond donors (Lipinski definition) is 1. The van der Waals surface area contributed by atoms with E-state index >= 15 is 0 Å². The van der Waals surface area contributed by atoms with Crippen LogP contribution in [-0.4, -0.2) is 29.3 Å². The maximum absolute atomic E-state index is 12.8. The van der Waals surface area contributed by atoms with Gasteiger partial charge >= 0.3 is 6.18 Å². The summed E-state index contributed by atoms with van der Waals surface area (Å²) in [5.41, 5.74) is 6.26. The molecule has 1 aliphatic heterocycles. The number of rotatable bonds is 4. The van der Waals surface area contributed by atoms with Crippen LogP contribution in [0, 0.1) is 0 Å². The molecule has 0 aromatic heterocycles. The molecule has 26 heavy (non-hydrogen) atoms. The van der Waals surface area contributed by atoms with Crippen molar-refractivity contribution in [3.8, 4) is 0 Å². The van der Waals surface area contributed by atoms with Crippen LogP contribution in [0.15, 0.2) is 48.5 Å². The van der Waals surface area contributed by atoms with E-state index in [0.29, 0.717) is 16.7 Å². The summed E-state index contributed by atoms with van der Waals surface area (Å²) >= 11 is 0. The number of benzene rings is 2. The van der Waals surface area contributed by atoms with E-state index in [9.17, 15) is 22.8 Å². The van der Waals surface area contributed by atoms with Crippen molar-refractivity contribution >= 4 is 24.2 Å². The zero-order chi connectivity index (χ0) is 18.2. The monoisotopic (exact) mass is 384 g/mol. The summed E-state index contributed by atoms with van der Waals surface area (Å²) in [5.74, 6) is -0.861. The predicted octanol–water partition coefficient (Wildman–Crippen LogP) is 3.29. The Morgan fingerprint density at radius 2 is 1.54 bits per heavy atom. The van der Waals surface area contributed by atoms with E-state index in [0.717, 1.165) is 17.0 Å². The summed E-state index contributed by atoms with van der Waals surface area (Å²) in [6.45, 7) is -0.0530. The predicted molar refractivity (Wildman–Crippen MR) is 92.2 cm³/mol. The standard InChI is InChI=1S/C18H15F3N2O2.ClH/c19-18(20,21)12-5-3-4-11(8-12)9-13(22)10-23-16(24)14-6-1-2-7-15(14)17(23)25;/h1-8,13H,9-10,22H2;1H/t13-;/m0./s1. The zero-order valence-corrected chi connectivity index (χ0v) is 14.3. The van der Waals surface area contributed by atoms with E-state index in [1.165, 1.54) is 12.1 Å². The van der Waals surface area contributed by atoms with Crippen molar-refractivity contribution in [1.29, 1.82) is 0 Å². The molecule has 3 rings (SSSR count). The summed E-state index contributed by atoms with van der Waals surface area (Å²) in [4.78, 5) is 25.6. The van der Waals surface area contributed by atoms with Crippen molar-refractivity contribution in [1.82, 2.24) is 4.90 Å². The van der Waals surface area contributed by atoms with Crippen LogP contribution in [0.2, 0.25) is 0 Å². The van der Waals surface area contributed by atoms with E-state index in [1.54, 1.807) is 24.3 Å². The van der Waals surface area contributed by atoms with E-state index < -0.39 is 29.6 Å². The Bertz CT molecular complexity index is 804. The van der Waals surface area contributed by atoms with Crippen LogP contribution in [-0.2, 0) is 12.6 Å². The van der Waals surface area contributed by atoms with Crippen LogP contribution in [0.4, 0.5) is 13.2 Å². The first kappa shape index (κ1) is 19.9. The molecule has 2 amide bonds. The van der Waals surface area contributed by atoms with Gasteiger partial charge < -0.3 is 5.73 Å². The van der Waals surface area contributed by atoms with Gasteiger partial charge in [-0.2, -0.15) is 13.2 Å². The first-order valence-corrected chi connectivity index (χ1v) is 7.64. The van der Waals surface area contributed by atoms with Gasteiger partial charge in [0.05, 0.1) is 16.7 Å². The van der Waals surface area contributed by atoms with Crippen LogP contribution >= 0.6 is 12.4 Å². The molecule has 0 saturated heterocycles. The van der Waals surface area contributed by atoms with E-state index in [-0.39, 0.29) is 25.4 Å². The van der Waals surface area contributed by atoms with Crippen LogP contribution in [0.3, 0.4) is 0 Å². The van der Waals surface area contributed by atoms with Crippen molar-refractivity contribution in [2.45, 2.75) is 18.6 Å². The first-order chi connectivity index (χ1) is 11.8. The number of halogens is 4. The topological polar surface area (TPSA) is 63.4 Å². The van der Waals surface area contributed by atoms with Crippen molar-refractivity contribution < 1.29 is 22.8 Å². The number of carbonyl (C=O) groups excluding carboxylic acids is 2. The molecule has 0 saturated carbocycles. The minimum absolute atomic E-state index is 0. The maximum atomic E-state index is 12.8. The Labute approximate surface area is 154 Å². The van der Waals surface area contributed by atoms with Gasteiger partial charge in [0.15, 0.2) is 0 Å². The fraction of sp³-hybridized carbons (Fsp3) is 0.222. The van der Waals surface area contributed by atoms with Crippen molar-refractivity contribution in [2.24, 2.45) is 5.73 Å². The van der Waals surface area contributed by atoms with Gasteiger partial charge in [-0.05, 0) is 30.2 Å². The molecule has 0 aliphatic carbocycles. The van der Waals surface area contributed by atoms with Gasteiger partial charge in [0.2, 0.25) is 0 Å². The molecule has 0 radical (unpaired) electrons. The number of alkyl halides is 3. The fourth-order valence-corrected chi connectivity index (χ4v) is 2.88. The molecule has 1 atom stereocenters. The van der Waals surface area contributed by atoms with Gasteiger partial charge in [0.25, 0.3) is 11.8 Å². The Morgan fingerprint density at radius 1 is 0.962 bits per heavy atom. The molecule has 0 fully saturated rings. The second kappa shape index (κ2) is 7.47. The molecular weight excluding hydrogens is 369 g/mol. The number of carbonyl (C=O) groups is 2. The molecule has 2 aromatic carbocycles. The van der Waals surface area contributed by atoms with Crippen molar-refractivity contribution in [2.75, 3.05) is 6.54 Å². The quantitative estimate of drug-likeness (QED) is 0.823. The molecule has 1 aliphatic rings. The number of amides is 2. The summed E-state index contributed by atoms with van der Waals surface area (Å²) < 4.78 is 38.3. The van der Waals surface area contributed by atoms with Crippen molar-refractivity contribution in [3.05, 3.63) is 70.8 Å². The fourth-order valence-electron chi connectivity index (χ4n) is 2.88. The molecule has 1 heterocycles. The van der Waals surface area contributed by atoms with E-state index in [2.05, 4.69) is 0 Å². The first-order valence-electron chi connectivity index (χ1n) is 7.64. The number of imide groups is 1. The van der Waals surface area contributed by atoms with Gasteiger partial charge in [-0.25, -0.2) is 0 Å². The molecule has 138 valence electrons. The van der Waals surface area contributed by atoms with Gasteiger partial charge in [0, 0.05) is 12.6 Å². The summed E-state index contributed by atoms with van der Waals surface area (Å²) in [5, 5.41) is 0. The Hall–Kier alpha value is -2.38. The summed E-state index contributed by atoms with van der Waals surface area (Å²) in [6, 6.07) is 10.7. The third kappa shape index (κ3) is 3.89. The second-order valence-electron chi connectivity index (χ2n) is 5.93. The van der Waals surface area contributed by atoms with Gasteiger partial charge in [-0.15, -0.1) is 12.4 Å². The highest BCUT2D eigenvalue weighted by molar-refractivity contribution is 6.21. The third-order valence-electron chi connectivity index (χ3n) is 4.05. The molecule has 2 aromatic rings. The second-order valence-corrected chi connectivity index (χ2v) is 5.93. The zero-order valence-electron chi connectivity index (χ0n) is 13.5. The van der Waals surface area contributed by atoms with Gasteiger partial charge in [-0.1, -0.05) is 30.3 Å². The average Bonchev–Trinajstić information content (AvgIpc) is 2.80. The Balaban J connectivity index is 0.00000243. The number of nitrogens with zero attached hydrogens (tertiary/aromatic N) is 1. The highest BCUT2D eigenvalue weighted by atomic mass is 35.5. The lowest BCUT2D eigenvalue weighted by molar-refractivity contribution is -0.137. The largest absolute Gasteiger partial charge is 0.416 e. The average molecular weight is 385 g/mol. The normalized spacial score (nSPS) is 14.8. The lowest BCUT2D eigenvalue weighted by atomic mass is 10.0. The van der Waals surface area contributed by atoms with E-state index in [4.69, 9.17) is 5.73 Å². The van der Waals surface area contributed by atoms with Crippen molar-refractivity contribution in [3.63, 3.8) is 0 Å². The summed E-state index contributed by atoms with van der Waals surface area (Å²) in [6.07, 6.45) is -4.31. The minimum Gasteiger partial charge on any atom is -0.326 e. The molecule has 8 heteroatoms. The number of hydrogen-bond acceptors (Lipinski definition) is 3. The molecule has 0 spiro atoms. The van der Waals surface area contributed by atoms with E-state index in [1.807, 2.05) is 0 Å². The molecule has 4 nitrogen and oxygen atoms in total.